The van der Waals surface area contributed by atoms with Crippen LogP contribution in [-0.2, 0) is 5.54 Å². The molecule has 0 aliphatic heterocycles. The normalized spacial score (nSPS) is 11.1. The number of hydrogen-bond acceptors (Lipinski definition) is 1. The quantitative estimate of drug-likeness (QED) is 0.257. The van der Waals surface area contributed by atoms with Gasteiger partial charge in [0.15, 0.2) is 0 Å². The van der Waals surface area contributed by atoms with Gasteiger partial charge >= 0.3 is 0 Å². The van der Waals surface area contributed by atoms with Gasteiger partial charge < -0.3 is 4.90 Å². The third-order valence-corrected chi connectivity index (χ3v) is 5.94. The average Bonchev–Trinajstić information content (AvgIpc) is 2.90. The molecule has 5 aromatic carbocycles. The summed E-state index contributed by atoms with van der Waals surface area (Å²) in [6.45, 7) is 0. The van der Waals surface area contributed by atoms with Gasteiger partial charge in [0, 0.05) is 11.4 Å². The van der Waals surface area contributed by atoms with Crippen LogP contribution < -0.4 is 4.90 Å². The fraction of sp³-hybridized carbons (Fsp3) is 0.0323. The van der Waals surface area contributed by atoms with Crippen LogP contribution in [0.2, 0.25) is 0 Å². The molecule has 0 bridgehead atoms. The molecule has 154 valence electrons. The molecule has 0 unspecified atom stereocenters. The molecule has 1 nitrogen and oxygen atoms in total. The van der Waals surface area contributed by atoms with Crippen molar-refractivity contribution >= 4 is 11.4 Å². The highest BCUT2D eigenvalue weighted by atomic mass is 15.2. The molecule has 0 N–H and O–H groups in total. The van der Waals surface area contributed by atoms with Crippen molar-refractivity contribution in [1.29, 1.82) is 0 Å². The zero-order valence-electron chi connectivity index (χ0n) is 17.9. The summed E-state index contributed by atoms with van der Waals surface area (Å²) in [5.74, 6) is 0. The van der Waals surface area contributed by atoms with Gasteiger partial charge in [0.1, 0.15) is 5.54 Å². The SMILES string of the molecule is c1ccc(N(c2ccccc2)C(c2ccccc2)(c2ccccc2)c2ccccc2)cc1. The summed E-state index contributed by atoms with van der Waals surface area (Å²) in [7, 11) is 0. The minimum absolute atomic E-state index is 0.563. The van der Waals surface area contributed by atoms with Crippen LogP contribution in [0.25, 0.3) is 0 Å². The topological polar surface area (TPSA) is 3.24 Å². The smallest absolute Gasteiger partial charge is 0.121 e. The van der Waals surface area contributed by atoms with Gasteiger partial charge in [-0.3, -0.25) is 0 Å². The van der Waals surface area contributed by atoms with Gasteiger partial charge in [-0.2, -0.15) is 0 Å². The van der Waals surface area contributed by atoms with Crippen molar-refractivity contribution in [3.63, 3.8) is 0 Å². The molecule has 0 saturated carbocycles. The molecular weight excluding hydrogens is 386 g/mol. The first-order valence-electron chi connectivity index (χ1n) is 11.0. The first-order valence-corrected chi connectivity index (χ1v) is 11.0. The fourth-order valence-electron chi connectivity index (χ4n) is 4.62. The Labute approximate surface area is 190 Å². The molecule has 0 aliphatic carbocycles. The minimum Gasteiger partial charge on any atom is -0.323 e. The summed E-state index contributed by atoms with van der Waals surface area (Å²) in [5.41, 5.74) is 5.35. The van der Waals surface area contributed by atoms with Crippen LogP contribution in [0.3, 0.4) is 0 Å². The van der Waals surface area contributed by atoms with Gasteiger partial charge in [0.2, 0.25) is 0 Å². The first-order chi connectivity index (χ1) is 15.9. The third-order valence-electron chi connectivity index (χ3n) is 5.94. The zero-order chi connectivity index (χ0) is 21.6. The van der Waals surface area contributed by atoms with Crippen molar-refractivity contribution in [2.75, 3.05) is 4.90 Å². The molecule has 0 aliphatic rings. The minimum atomic E-state index is -0.563. The van der Waals surface area contributed by atoms with Crippen LogP contribution in [0.4, 0.5) is 11.4 Å². The van der Waals surface area contributed by atoms with E-state index in [1.54, 1.807) is 0 Å². The molecule has 0 spiro atoms. The summed E-state index contributed by atoms with van der Waals surface area (Å²) in [6.07, 6.45) is 0. The molecule has 0 saturated heterocycles. The number of nitrogens with zero attached hydrogens (tertiary/aromatic N) is 1. The predicted octanol–water partition coefficient (Wildman–Crippen LogP) is 7.82. The molecule has 0 amide bonds. The van der Waals surface area contributed by atoms with Crippen molar-refractivity contribution in [3.05, 3.63) is 168 Å². The van der Waals surface area contributed by atoms with E-state index in [9.17, 15) is 0 Å². The maximum atomic E-state index is 2.47. The van der Waals surface area contributed by atoms with Crippen molar-refractivity contribution in [3.8, 4) is 0 Å². The Balaban J connectivity index is 1.94. The summed E-state index contributed by atoms with van der Waals surface area (Å²) in [6, 6.07) is 53.8. The largest absolute Gasteiger partial charge is 0.323 e. The highest BCUT2D eigenvalue weighted by Gasteiger charge is 2.43. The van der Waals surface area contributed by atoms with Crippen molar-refractivity contribution in [2.45, 2.75) is 5.54 Å². The highest BCUT2D eigenvalue weighted by Crippen LogP contribution is 2.48. The lowest BCUT2D eigenvalue weighted by Crippen LogP contribution is -2.45. The second kappa shape index (κ2) is 8.95. The van der Waals surface area contributed by atoms with E-state index < -0.39 is 5.54 Å². The Hall–Kier alpha value is -4.10. The third kappa shape index (κ3) is 3.48. The number of anilines is 2. The van der Waals surface area contributed by atoms with E-state index in [1.807, 2.05) is 0 Å². The van der Waals surface area contributed by atoms with E-state index in [0.717, 1.165) is 11.4 Å². The molecule has 0 radical (unpaired) electrons. The van der Waals surface area contributed by atoms with Gasteiger partial charge in [-0.05, 0) is 41.0 Å². The van der Waals surface area contributed by atoms with Gasteiger partial charge in [-0.1, -0.05) is 127 Å². The van der Waals surface area contributed by atoms with Crippen molar-refractivity contribution in [2.24, 2.45) is 0 Å². The van der Waals surface area contributed by atoms with Crippen LogP contribution in [0.1, 0.15) is 16.7 Å². The van der Waals surface area contributed by atoms with E-state index in [2.05, 4.69) is 157 Å². The van der Waals surface area contributed by atoms with Crippen LogP contribution in [0.15, 0.2) is 152 Å². The second-order valence-electron chi connectivity index (χ2n) is 7.81. The van der Waals surface area contributed by atoms with E-state index in [-0.39, 0.29) is 0 Å². The van der Waals surface area contributed by atoms with Crippen LogP contribution in [0.5, 0.6) is 0 Å². The lowest BCUT2D eigenvalue weighted by atomic mass is 9.75. The van der Waals surface area contributed by atoms with Crippen LogP contribution >= 0.6 is 0 Å². The maximum Gasteiger partial charge on any atom is 0.121 e. The molecule has 0 fully saturated rings. The maximum absolute atomic E-state index is 2.47. The number of rotatable bonds is 6. The predicted molar refractivity (Wildman–Crippen MR) is 134 cm³/mol. The zero-order valence-corrected chi connectivity index (χ0v) is 17.9. The Morgan fingerprint density at radius 1 is 0.312 bits per heavy atom. The highest BCUT2D eigenvalue weighted by molar-refractivity contribution is 5.73. The molecular formula is C31H25N. The van der Waals surface area contributed by atoms with E-state index in [1.165, 1.54) is 16.7 Å². The Bertz CT molecular complexity index is 1100. The van der Waals surface area contributed by atoms with Crippen LogP contribution in [-0.4, -0.2) is 0 Å². The molecule has 1 heteroatoms. The number of para-hydroxylation sites is 2. The molecule has 0 aromatic heterocycles. The Morgan fingerprint density at radius 2 is 0.562 bits per heavy atom. The van der Waals surface area contributed by atoms with Crippen LogP contribution in [0, 0.1) is 0 Å². The standard InChI is InChI=1S/C31H25N/c1-6-16-26(17-7-1)31(27-18-8-2-9-19-27,28-20-10-3-11-21-28)32(29-22-12-4-13-23-29)30-24-14-5-15-25-30/h1-25H. The van der Waals surface area contributed by atoms with Crippen molar-refractivity contribution in [1.82, 2.24) is 0 Å². The monoisotopic (exact) mass is 411 g/mol. The molecule has 5 aromatic rings. The second-order valence-corrected chi connectivity index (χ2v) is 7.81. The molecule has 0 heterocycles. The summed E-state index contributed by atoms with van der Waals surface area (Å²) in [5, 5.41) is 0. The summed E-state index contributed by atoms with van der Waals surface area (Å²) >= 11 is 0. The average molecular weight is 412 g/mol. The Kier molecular flexibility index (Phi) is 5.55. The lowest BCUT2D eigenvalue weighted by molar-refractivity contribution is 0.627. The van der Waals surface area contributed by atoms with E-state index in [4.69, 9.17) is 0 Å². The van der Waals surface area contributed by atoms with Gasteiger partial charge in [0.05, 0.1) is 0 Å². The number of hydrogen-bond donors (Lipinski definition) is 0. The molecule has 5 rings (SSSR count). The van der Waals surface area contributed by atoms with Gasteiger partial charge in [-0.25, -0.2) is 0 Å². The van der Waals surface area contributed by atoms with Gasteiger partial charge in [-0.15, -0.1) is 0 Å². The van der Waals surface area contributed by atoms with Gasteiger partial charge in [0.25, 0.3) is 0 Å². The van der Waals surface area contributed by atoms with Crippen molar-refractivity contribution < 1.29 is 0 Å². The molecule has 0 atom stereocenters. The summed E-state index contributed by atoms with van der Waals surface area (Å²) < 4.78 is 0. The van der Waals surface area contributed by atoms with E-state index >= 15 is 0 Å². The number of benzene rings is 5. The Morgan fingerprint density at radius 3 is 0.844 bits per heavy atom. The lowest BCUT2D eigenvalue weighted by Gasteiger charge is -2.47. The van der Waals surface area contributed by atoms with E-state index in [0.29, 0.717) is 0 Å². The fourth-order valence-corrected chi connectivity index (χ4v) is 4.62. The summed E-state index contributed by atoms with van der Waals surface area (Å²) in [4.78, 5) is 2.47. The first kappa shape index (κ1) is 19.8. The molecule has 32 heavy (non-hydrogen) atoms.